The van der Waals surface area contributed by atoms with E-state index in [2.05, 4.69) is 4.72 Å². The number of thiocarbonyl (C=S) groups is 1. The quantitative estimate of drug-likeness (QED) is 0.802. The Morgan fingerprint density at radius 2 is 1.94 bits per heavy atom. The fourth-order valence-electron chi connectivity index (χ4n) is 1.06. The maximum atomic E-state index is 11.7. The first-order valence-corrected chi connectivity index (χ1v) is 6.70. The van der Waals surface area contributed by atoms with E-state index in [-0.39, 0.29) is 4.99 Å². The van der Waals surface area contributed by atoms with Crippen molar-refractivity contribution < 1.29 is 8.42 Å². The maximum absolute atomic E-state index is 11.7. The van der Waals surface area contributed by atoms with E-state index < -0.39 is 15.3 Å². The molecule has 3 N–H and O–H groups in total. The summed E-state index contributed by atoms with van der Waals surface area (Å²) in [5.41, 5.74) is 6.46. The fraction of sp³-hybridized carbons (Fsp3) is 0.300. The summed E-state index contributed by atoms with van der Waals surface area (Å²) in [4.78, 5) is 0.169. The zero-order valence-electron chi connectivity index (χ0n) is 9.10. The van der Waals surface area contributed by atoms with Gasteiger partial charge in [-0.3, -0.25) is 4.72 Å². The summed E-state index contributed by atoms with van der Waals surface area (Å²) in [6.07, 6.45) is 0. The first-order chi connectivity index (χ1) is 7.34. The van der Waals surface area contributed by atoms with Crippen molar-refractivity contribution in [2.24, 2.45) is 5.73 Å². The molecule has 0 unspecified atom stereocenters. The standard InChI is InChI=1S/C10H14N2O2S2/c1-7(2)16(13,14)12-9-6-4-3-5-8(9)10(11)15/h3-7,12H,1-2H3,(H2,11,15). The molecule has 0 saturated carbocycles. The Hall–Kier alpha value is -1.14. The van der Waals surface area contributed by atoms with Gasteiger partial charge in [0.1, 0.15) is 4.99 Å². The minimum absolute atomic E-state index is 0.169. The summed E-state index contributed by atoms with van der Waals surface area (Å²) in [6.45, 7) is 3.21. The lowest BCUT2D eigenvalue weighted by molar-refractivity contribution is 0.593. The van der Waals surface area contributed by atoms with Crippen molar-refractivity contribution >= 4 is 32.9 Å². The van der Waals surface area contributed by atoms with Gasteiger partial charge in [-0.05, 0) is 26.0 Å². The van der Waals surface area contributed by atoms with Crippen LogP contribution in [0.4, 0.5) is 5.69 Å². The molecule has 0 radical (unpaired) electrons. The van der Waals surface area contributed by atoms with E-state index in [1.54, 1.807) is 38.1 Å². The highest BCUT2D eigenvalue weighted by molar-refractivity contribution is 7.93. The molecule has 4 nitrogen and oxygen atoms in total. The molecule has 0 saturated heterocycles. The number of sulfonamides is 1. The van der Waals surface area contributed by atoms with Crippen LogP contribution < -0.4 is 10.5 Å². The van der Waals surface area contributed by atoms with Crippen LogP contribution in [-0.4, -0.2) is 18.7 Å². The van der Waals surface area contributed by atoms with Crippen LogP contribution in [0.3, 0.4) is 0 Å². The van der Waals surface area contributed by atoms with E-state index in [4.69, 9.17) is 18.0 Å². The molecule has 0 bridgehead atoms. The van der Waals surface area contributed by atoms with Crippen LogP contribution in [0.2, 0.25) is 0 Å². The summed E-state index contributed by atoms with van der Waals surface area (Å²) in [5.74, 6) is 0. The maximum Gasteiger partial charge on any atom is 0.235 e. The van der Waals surface area contributed by atoms with E-state index in [0.717, 1.165) is 0 Å². The molecule has 6 heteroatoms. The number of rotatable bonds is 4. The Kier molecular flexibility index (Phi) is 3.88. The number of nitrogens with one attached hydrogen (secondary N) is 1. The number of para-hydroxylation sites is 1. The molecule has 0 aliphatic heterocycles. The Morgan fingerprint density at radius 1 is 1.38 bits per heavy atom. The number of benzene rings is 1. The highest BCUT2D eigenvalue weighted by atomic mass is 32.2. The lowest BCUT2D eigenvalue weighted by Crippen LogP contribution is -2.24. The average molecular weight is 258 g/mol. The van der Waals surface area contributed by atoms with Crippen LogP contribution in [0, 0.1) is 0 Å². The highest BCUT2D eigenvalue weighted by Crippen LogP contribution is 2.17. The van der Waals surface area contributed by atoms with Crippen molar-refractivity contribution in [2.45, 2.75) is 19.1 Å². The van der Waals surface area contributed by atoms with Crippen LogP contribution in [0.5, 0.6) is 0 Å². The van der Waals surface area contributed by atoms with Gasteiger partial charge >= 0.3 is 0 Å². The molecule has 0 spiro atoms. The van der Waals surface area contributed by atoms with E-state index >= 15 is 0 Å². The van der Waals surface area contributed by atoms with Crippen molar-refractivity contribution in [3.05, 3.63) is 29.8 Å². The number of hydrogen-bond acceptors (Lipinski definition) is 3. The van der Waals surface area contributed by atoms with Crippen LogP contribution in [0.25, 0.3) is 0 Å². The second-order valence-corrected chi connectivity index (χ2v) is 6.28. The van der Waals surface area contributed by atoms with Gasteiger partial charge in [-0.15, -0.1) is 0 Å². The van der Waals surface area contributed by atoms with Gasteiger partial charge in [0.05, 0.1) is 10.9 Å². The van der Waals surface area contributed by atoms with Crippen LogP contribution in [-0.2, 0) is 10.0 Å². The van der Waals surface area contributed by atoms with Crippen LogP contribution in [0.1, 0.15) is 19.4 Å². The van der Waals surface area contributed by atoms with Gasteiger partial charge in [-0.25, -0.2) is 8.42 Å². The minimum Gasteiger partial charge on any atom is -0.389 e. The van der Waals surface area contributed by atoms with Crippen LogP contribution in [0.15, 0.2) is 24.3 Å². The molecule has 0 aliphatic rings. The average Bonchev–Trinajstić information content (AvgIpc) is 2.17. The van der Waals surface area contributed by atoms with Crippen molar-refractivity contribution in [3.8, 4) is 0 Å². The van der Waals surface area contributed by atoms with Crippen LogP contribution >= 0.6 is 12.2 Å². The number of anilines is 1. The van der Waals surface area contributed by atoms with Gasteiger partial charge < -0.3 is 5.73 Å². The van der Waals surface area contributed by atoms with E-state index in [1.165, 1.54) is 0 Å². The molecule has 0 fully saturated rings. The molecule has 0 aliphatic carbocycles. The van der Waals surface area contributed by atoms with Gasteiger partial charge in [0, 0.05) is 5.56 Å². The number of hydrogen-bond donors (Lipinski definition) is 2. The molecule has 1 aromatic rings. The molecule has 1 rings (SSSR count). The minimum atomic E-state index is -3.37. The fourth-order valence-corrected chi connectivity index (χ4v) is 1.96. The first-order valence-electron chi connectivity index (χ1n) is 4.75. The Labute approximate surface area is 101 Å². The molecule has 1 aromatic carbocycles. The van der Waals surface area contributed by atoms with Gasteiger partial charge in [-0.2, -0.15) is 0 Å². The lowest BCUT2D eigenvalue weighted by Gasteiger charge is -2.13. The monoisotopic (exact) mass is 258 g/mol. The van der Waals surface area contributed by atoms with Gasteiger partial charge in [0.25, 0.3) is 0 Å². The molecule has 0 heterocycles. The summed E-state index contributed by atoms with van der Waals surface area (Å²) in [5, 5.41) is -0.507. The van der Waals surface area contributed by atoms with Gasteiger partial charge in [0.2, 0.25) is 10.0 Å². The summed E-state index contributed by atoms with van der Waals surface area (Å²) in [7, 11) is -3.37. The van der Waals surface area contributed by atoms with E-state index in [1.807, 2.05) is 0 Å². The molecule has 0 aromatic heterocycles. The summed E-state index contributed by atoms with van der Waals surface area (Å²) >= 11 is 4.85. The largest absolute Gasteiger partial charge is 0.389 e. The second kappa shape index (κ2) is 4.80. The van der Waals surface area contributed by atoms with Gasteiger partial charge in [0.15, 0.2) is 0 Å². The lowest BCUT2D eigenvalue weighted by atomic mass is 10.2. The summed E-state index contributed by atoms with van der Waals surface area (Å²) in [6, 6.07) is 6.79. The van der Waals surface area contributed by atoms with Gasteiger partial charge in [-0.1, -0.05) is 24.4 Å². The van der Waals surface area contributed by atoms with Crippen molar-refractivity contribution in [2.75, 3.05) is 4.72 Å². The summed E-state index contributed by atoms with van der Waals surface area (Å²) < 4.78 is 25.8. The molecule has 0 amide bonds. The van der Waals surface area contributed by atoms with E-state index in [0.29, 0.717) is 11.3 Å². The topological polar surface area (TPSA) is 72.2 Å². The van der Waals surface area contributed by atoms with Crippen molar-refractivity contribution in [1.82, 2.24) is 0 Å². The molecular weight excluding hydrogens is 244 g/mol. The highest BCUT2D eigenvalue weighted by Gasteiger charge is 2.17. The molecular formula is C10H14N2O2S2. The van der Waals surface area contributed by atoms with Crippen molar-refractivity contribution in [3.63, 3.8) is 0 Å². The Balaban J connectivity index is 3.12. The normalized spacial score (nSPS) is 11.4. The molecule has 0 atom stereocenters. The van der Waals surface area contributed by atoms with Crippen molar-refractivity contribution in [1.29, 1.82) is 0 Å². The predicted octanol–water partition coefficient (Wildman–Crippen LogP) is 1.47. The SMILES string of the molecule is CC(C)S(=O)(=O)Nc1ccccc1C(N)=S. The third-order valence-electron chi connectivity index (χ3n) is 2.07. The zero-order chi connectivity index (χ0) is 12.3. The van der Waals surface area contributed by atoms with E-state index in [9.17, 15) is 8.42 Å². The molecule has 88 valence electrons. The predicted molar refractivity (Wildman–Crippen MR) is 70.0 cm³/mol. The third kappa shape index (κ3) is 2.93. The third-order valence-corrected chi connectivity index (χ3v) is 4.03. The second-order valence-electron chi connectivity index (χ2n) is 3.61. The Bertz CT molecular complexity index is 495. The molecule has 16 heavy (non-hydrogen) atoms. The number of nitrogens with two attached hydrogens (primary N) is 1. The Morgan fingerprint density at radius 3 is 2.44 bits per heavy atom. The first kappa shape index (κ1) is 12.9. The smallest absolute Gasteiger partial charge is 0.235 e. The zero-order valence-corrected chi connectivity index (χ0v) is 10.7.